The van der Waals surface area contributed by atoms with Gasteiger partial charge in [0.1, 0.15) is 0 Å². The van der Waals surface area contributed by atoms with Crippen molar-refractivity contribution in [2.45, 2.75) is 97.2 Å². The number of rotatable bonds is 9. The molecule has 0 N–H and O–H groups in total. The molecule has 1 unspecified atom stereocenters. The summed E-state index contributed by atoms with van der Waals surface area (Å²) in [5.74, 6) is 0.623. The highest BCUT2D eigenvalue weighted by atomic mass is 32.2. The highest BCUT2D eigenvalue weighted by Crippen LogP contribution is 2.38. The number of sulfonamides is 1. The van der Waals surface area contributed by atoms with E-state index in [-0.39, 0.29) is 5.41 Å². The Morgan fingerprint density at radius 3 is 2.30 bits per heavy atom. The van der Waals surface area contributed by atoms with E-state index >= 15 is 0 Å². The van der Waals surface area contributed by atoms with Crippen LogP contribution in [-0.2, 0) is 16.4 Å². The molecule has 4 heteroatoms. The van der Waals surface area contributed by atoms with Crippen LogP contribution in [0.4, 0.5) is 0 Å². The Morgan fingerprint density at radius 2 is 1.74 bits per heavy atom. The molecule has 0 bridgehead atoms. The molecule has 1 aliphatic rings. The summed E-state index contributed by atoms with van der Waals surface area (Å²) in [4.78, 5) is 0. The molecule has 0 amide bonds. The van der Waals surface area contributed by atoms with Crippen molar-refractivity contribution < 1.29 is 8.42 Å². The second-order valence-electron chi connectivity index (χ2n) is 8.92. The lowest BCUT2D eigenvalue weighted by Gasteiger charge is -2.36. The van der Waals surface area contributed by atoms with Crippen LogP contribution in [0.25, 0.3) is 0 Å². The van der Waals surface area contributed by atoms with E-state index in [1.165, 1.54) is 44.1 Å². The van der Waals surface area contributed by atoms with Crippen molar-refractivity contribution in [1.29, 1.82) is 0 Å². The van der Waals surface area contributed by atoms with E-state index in [0.29, 0.717) is 12.3 Å². The third-order valence-corrected chi connectivity index (χ3v) is 7.98. The fraction of sp³-hybridized carbons (Fsp3) is 0.696. The zero-order valence-electron chi connectivity index (χ0n) is 17.8. The highest BCUT2D eigenvalue weighted by molar-refractivity contribution is 7.91. The Labute approximate surface area is 166 Å². The minimum atomic E-state index is -3.44. The van der Waals surface area contributed by atoms with E-state index in [2.05, 4.69) is 42.5 Å². The first kappa shape index (κ1) is 22.1. The molecule has 0 saturated carbocycles. The standard InChI is InChI=1S/C23H37NO2S/c1-6-8-9-11-20(10-7-2)21-14-12-19(13-15-21)16-22-23(4,5)17-18(3)24-27(22,25)26/h12-15,20,22H,6-11,16-17H2,1-5H3/t20?,22-/m0/s1. The molecule has 0 fully saturated rings. The summed E-state index contributed by atoms with van der Waals surface area (Å²) < 4.78 is 29.3. The van der Waals surface area contributed by atoms with Crippen LogP contribution in [0.2, 0.25) is 0 Å². The average Bonchev–Trinajstić information content (AvgIpc) is 2.57. The van der Waals surface area contributed by atoms with Crippen LogP contribution < -0.4 is 0 Å². The minimum Gasteiger partial charge on any atom is -0.204 e. The fourth-order valence-corrected chi connectivity index (χ4v) is 6.40. The molecule has 152 valence electrons. The van der Waals surface area contributed by atoms with Gasteiger partial charge in [-0.05, 0) is 55.1 Å². The number of benzene rings is 1. The Kier molecular flexibility index (Phi) is 7.67. The summed E-state index contributed by atoms with van der Waals surface area (Å²) >= 11 is 0. The summed E-state index contributed by atoms with van der Waals surface area (Å²) in [5.41, 5.74) is 2.94. The van der Waals surface area contributed by atoms with Crippen molar-refractivity contribution in [1.82, 2.24) is 0 Å². The van der Waals surface area contributed by atoms with E-state index in [4.69, 9.17) is 0 Å². The maximum Gasteiger partial charge on any atom is 0.256 e. The molecule has 2 rings (SSSR count). The first-order valence-electron chi connectivity index (χ1n) is 10.6. The summed E-state index contributed by atoms with van der Waals surface area (Å²) in [6.07, 6.45) is 8.79. The Hall–Kier alpha value is -1.16. The second-order valence-corrected chi connectivity index (χ2v) is 10.7. The van der Waals surface area contributed by atoms with Gasteiger partial charge in [0.2, 0.25) is 0 Å². The van der Waals surface area contributed by atoms with E-state index in [1.807, 2.05) is 20.8 Å². The van der Waals surface area contributed by atoms with E-state index < -0.39 is 15.3 Å². The van der Waals surface area contributed by atoms with Gasteiger partial charge in [-0.1, -0.05) is 77.6 Å². The molecule has 2 atom stereocenters. The summed E-state index contributed by atoms with van der Waals surface area (Å²) in [6.45, 7) is 10.4. The summed E-state index contributed by atoms with van der Waals surface area (Å²) in [5, 5.41) is -0.449. The lowest BCUT2D eigenvalue weighted by Crippen LogP contribution is -2.42. The van der Waals surface area contributed by atoms with Crippen molar-refractivity contribution in [3.05, 3.63) is 35.4 Å². The van der Waals surface area contributed by atoms with Crippen molar-refractivity contribution in [2.24, 2.45) is 9.81 Å². The minimum absolute atomic E-state index is 0.283. The normalized spacial score (nSPS) is 22.3. The van der Waals surface area contributed by atoms with Crippen molar-refractivity contribution >= 4 is 15.7 Å². The third-order valence-electron chi connectivity index (χ3n) is 5.89. The average molecular weight is 392 g/mol. The zero-order valence-corrected chi connectivity index (χ0v) is 18.6. The van der Waals surface area contributed by atoms with E-state index in [0.717, 1.165) is 17.7 Å². The number of nitrogens with zero attached hydrogens (tertiary/aromatic N) is 1. The molecule has 3 nitrogen and oxygen atoms in total. The fourth-order valence-electron chi connectivity index (χ4n) is 4.48. The third kappa shape index (κ3) is 5.91. The van der Waals surface area contributed by atoms with E-state index in [1.54, 1.807) is 0 Å². The van der Waals surface area contributed by atoms with Gasteiger partial charge in [-0.3, -0.25) is 0 Å². The molecule has 27 heavy (non-hydrogen) atoms. The largest absolute Gasteiger partial charge is 0.256 e. The van der Waals surface area contributed by atoms with Crippen LogP contribution in [0, 0.1) is 5.41 Å². The van der Waals surface area contributed by atoms with Crippen molar-refractivity contribution in [2.75, 3.05) is 0 Å². The lowest BCUT2D eigenvalue weighted by molar-refractivity contribution is 0.343. The van der Waals surface area contributed by atoms with Gasteiger partial charge in [-0.25, -0.2) is 8.42 Å². The maximum atomic E-state index is 12.6. The molecular formula is C23H37NO2S. The van der Waals surface area contributed by atoms with Crippen LogP contribution in [0.15, 0.2) is 28.7 Å². The molecule has 0 spiro atoms. The van der Waals surface area contributed by atoms with Crippen molar-refractivity contribution in [3.8, 4) is 0 Å². The molecule has 1 aliphatic heterocycles. The van der Waals surface area contributed by atoms with Gasteiger partial charge < -0.3 is 0 Å². The van der Waals surface area contributed by atoms with E-state index in [9.17, 15) is 8.42 Å². The second kappa shape index (κ2) is 9.36. The van der Waals surface area contributed by atoms with Crippen LogP contribution in [0.5, 0.6) is 0 Å². The predicted octanol–water partition coefficient (Wildman–Crippen LogP) is 6.28. The molecule has 0 saturated heterocycles. The Morgan fingerprint density at radius 1 is 1.07 bits per heavy atom. The smallest absolute Gasteiger partial charge is 0.204 e. The predicted molar refractivity (Wildman–Crippen MR) is 116 cm³/mol. The zero-order chi connectivity index (χ0) is 20.1. The highest BCUT2D eigenvalue weighted by Gasteiger charge is 2.43. The van der Waals surface area contributed by atoms with Crippen LogP contribution in [0.3, 0.4) is 0 Å². The maximum absolute atomic E-state index is 12.6. The number of hydrogen-bond acceptors (Lipinski definition) is 2. The molecular weight excluding hydrogens is 354 g/mol. The first-order valence-corrected chi connectivity index (χ1v) is 12.1. The van der Waals surface area contributed by atoms with Gasteiger partial charge in [-0.15, -0.1) is 0 Å². The molecule has 0 aliphatic carbocycles. The first-order chi connectivity index (χ1) is 12.7. The lowest BCUT2D eigenvalue weighted by atomic mass is 9.80. The SMILES string of the molecule is CCCCCC(CCC)c1ccc(C[C@H]2C(C)(C)CC(C)=NS2(=O)=O)cc1. The molecule has 1 aromatic rings. The topological polar surface area (TPSA) is 46.5 Å². The monoisotopic (exact) mass is 391 g/mol. The summed E-state index contributed by atoms with van der Waals surface area (Å²) in [7, 11) is -3.44. The van der Waals surface area contributed by atoms with Gasteiger partial charge in [0.25, 0.3) is 10.0 Å². The molecule has 1 aromatic carbocycles. The Balaban J connectivity index is 2.14. The van der Waals surface area contributed by atoms with Crippen LogP contribution in [0.1, 0.15) is 96.6 Å². The Bertz CT molecular complexity index is 732. The molecule has 1 heterocycles. The van der Waals surface area contributed by atoms with Gasteiger partial charge >= 0.3 is 0 Å². The van der Waals surface area contributed by atoms with Gasteiger partial charge in [-0.2, -0.15) is 4.40 Å². The van der Waals surface area contributed by atoms with Gasteiger partial charge in [0.05, 0.1) is 5.25 Å². The quantitative estimate of drug-likeness (QED) is 0.465. The molecule has 0 aromatic heterocycles. The van der Waals surface area contributed by atoms with Gasteiger partial charge in [0, 0.05) is 5.71 Å². The van der Waals surface area contributed by atoms with Gasteiger partial charge in [0.15, 0.2) is 0 Å². The van der Waals surface area contributed by atoms with Crippen LogP contribution in [-0.4, -0.2) is 19.4 Å². The number of unbranched alkanes of at least 4 members (excludes halogenated alkanes) is 2. The summed E-state index contributed by atoms with van der Waals surface area (Å²) in [6, 6.07) is 8.71. The molecule has 0 radical (unpaired) electrons. The van der Waals surface area contributed by atoms with Crippen molar-refractivity contribution in [3.63, 3.8) is 0 Å². The number of hydrogen-bond donors (Lipinski definition) is 0. The van der Waals surface area contributed by atoms with Crippen LogP contribution >= 0.6 is 0 Å².